The molecule has 1 aromatic heterocycles. The molecule has 0 saturated heterocycles. The zero-order valence-electron chi connectivity index (χ0n) is 9.78. The first kappa shape index (κ1) is 13.5. The molecule has 1 aromatic carbocycles. The number of amides is 1. The predicted octanol–water partition coefficient (Wildman–Crippen LogP) is 3.72. The maximum atomic E-state index is 12.5. The number of anilines is 1. The zero-order valence-corrected chi connectivity index (χ0v) is 10.6. The Kier molecular flexibility index (Phi) is 3.57. The lowest BCUT2D eigenvalue weighted by Crippen LogP contribution is -2.13. The zero-order chi connectivity index (χ0) is 14.0. The molecule has 0 aliphatic rings. The average molecular weight is 286 g/mol. The van der Waals surface area contributed by atoms with Crippen molar-refractivity contribution >= 4 is 22.9 Å². The van der Waals surface area contributed by atoms with E-state index in [2.05, 4.69) is 10.3 Å². The van der Waals surface area contributed by atoms with Gasteiger partial charge in [0, 0.05) is 11.1 Å². The van der Waals surface area contributed by atoms with Crippen LogP contribution in [0.25, 0.3) is 0 Å². The van der Waals surface area contributed by atoms with Crippen molar-refractivity contribution in [2.75, 3.05) is 5.32 Å². The van der Waals surface area contributed by atoms with Crippen LogP contribution in [0, 0.1) is 6.92 Å². The predicted molar refractivity (Wildman–Crippen MR) is 66.2 cm³/mol. The van der Waals surface area contributed by atoms with Crippen molar-refractivity contribution in [2.24, 2.45) is 0 Å². The fourth-order valence-electron chi connectivity index (χ4n) is 1.44. The molecule has 7 heteroatoms. The van der Waals surface area contributed by atoms with Crippen LogP contribution < -0.4 is 5.32 Å². The Bertz CT molecular complexity index is 607. The van der Waals surface area contributed by atoms with Crippen LogP contribution in [0.3, 0.4) is 0 Å². The van der Waals surface area contributed by atoms with Crippen molar-refractivity contribution in [3.05, 3.63) is 45.9 Å². The fraction of sp³-hybridized carbons (Fsp3) is 0.167. The summed E-state index contributed by atoms with van der Waals surface area (Å²) in [4.78, 5) is 15.7. The topological polar surface area (TPSA) is 42.0 Å². The first-order valence-electron chi connectivity index (χ1n) is 5.27. The molecule has 19 heavy (non-hydrogen) atoms. The van der Waals surface area contributed by atoms with E-state index in [-0.39, 0.29) is 11.4 Å². The summed E-state index contributed by atoms with van der Waals surface area (Å²) < 4.78 is 37.5. The molecule has 0 fully saturated rings. The summed E-state index contributed by atoms with van der Waals surface area (Å²) in [5.74, 6) is -0.524. The van der Waals surface area contributed by atoms with Gasteiger partial charge in [0.25, 0.3) is 5.91 Å². The molecule has 0 unspecified atom stereocenters. The van der Waals surface area contributed by atoms with Crippen LogP contribution in [0.2, 0.25) is 0 Å². The Balaban J connectivity index is 2.18. The van der Waals surface area contributed by atoms with Crippen LogP contribution in [0.5, 0.6) is 0 Å². The van der Waals surface area contributed by atoms with Crippen LogP contribution in [-0.4, -0.2) is 10.9 Å². The number of carbonyl (C=O) groups is 1. The van der Waals surface area contributed by atoms with Crippen LogP contribution in [0.4, 0.5) is 18.9 Å². The summed E-state index contributed by atoms with van der Waals surface area (Å²) in [5.41, 5.74) is -0.523. The number of carbonyl (C=O) groups excluding carboxylic acids is 1. The second kappa shape index (κ2) is 5.00. The van der Waals surface area contributed by atoms with Gasteiger partial charge < -0.3 is 5.32 Å². The van der Waals surface area contributed by atoms with E-state index in [0.29, 0.717) is 5.01 Å². The van der Waals surface area contributed by atoms with Crippen LogP contribution in [0.1, 0.15) is 21.1 Å². The maximum Gasteiger partial charge on any atom is 0.416 e. The van der Waals surface area contributed by atoms with Gasteiger partial charge in [-0.3, -0.25) is 4.79 Å². The van der Waals surface area contributed by atoms with Gasteiger partial charge in [-0.05, 0) is 25.1 Å². The molecule has 2 aromatic rings. The molecular weight excluding hydrogens is 277 g/mol. The third-order valence-corrected chi connectivity index (χ3v) is 3.07. The molecule has 1 amide bonds. The van der Waals surface area contributed by atoms with Gasteiger partial charge in [-0.25, -0.2) is 4.98 Å². The lowest BCUT2D eigenvalue weighted by Gasteiger charge is -2.09. The smallest absolute Gasteiger partial charge is 0.321 e. The SMILES string of the molecule is Cc1nc(C(=O)Nc2cccc(C(F)(F)F)c2)cs1. The number of hydrogen-bond donors (Lipinski definition) is 1. The van der Waals surface area contributed by atoms with E-state index in [1.807, 2.05) is 0 Å². The van der Waals surface area contributed by atoms with Gasteiger partial charge in [0.15, 0.2) is 0 Å². The minimum absolute atomic E-state index is 0.0884. The highest BCUT2D eigenvalue weighted by atomic mass is 32.1. The van der Waals surface area contributed by atoms with Gasteiger partial charge in [-0.2, -0.15) is 13.2 Å². The number of alkyl halides is 3. The standard InChI is InChI=1S/C12H9F3N2OS/c1-7-16-10(6-19-7)11(18)17-9-4-2-3-8(5-9)12(13,14)15/h2-6H,1H3,(H,17,18). The van der Waals surface area contributed by atoms with E-state index in [4.69, 9.17) is 0 Å². The van der Waals surface area contributed by atoms with E-state index < -0.39 is 17.6 Å². The Hall–Kier alpha value is -1.89. The third kappa shape index (κ3) is 3.31. The summed E-state index contributed by atoms with van der Waals surface area (Å²) in [5, 5.41) is 4.66. The number of nitrogens with one attached hydrogen (secondary N) is 1. The van der Waals surface area contributed by atoms with Gasteiger partial charge in [0.1, 0.15) is 5.69 Å². The van der Waals surface area contributed by atoms with Crippen LogP contribution in [0.15, 0.2) is 29.6 Å². The molecule has 0 spiro atoms. The molecule has 0 radical (unpaired) electrons. The van der Waals surface area contributed by atoms with E-state index >= 15 is 0 Å². The number of aromatic nitrogens is 1. The van der Waals surface area contributed by atoms with Crippen molar-refractivity contribution in [3.8, 4) is 0 Å². The quantitative estimate of drug-likeness (QED) is 0.914. The second-order valence-electron chi connectivity index (χ2n) is 3.78. The summed E-state index contributed by atoms with van der Waals surface area (Å²) in [7, 11) is 0. The van der Waals surface area contributed by atoms with Crippen molar-refractivity contribution < 1.29 is 18.0 Å². The second-order valence-corrected chi connectivity index (χ2v) is 4.85. The normalized spacial score (nSPS) is 11.4. The number of benzene rings is 1. The molecule has 100 valence electrons. The average Bonchev–Trinajstić information content (AvgIpc) is 2.75. The first-order valence-corrected chi connectivity index (χ1v) is 6.15. The minimum atomic E-state index is -4.43. The Morgan fingerprint density at radius 1 is 1.37 bits per heavy atom. The summed E-state index contributed by atoms with van der Waals surface area (Å²) in [6, 6.07) is 4.47. The van der Waals surface area contributed by atoms with E-state index in [9.17, 15) is 18.0 Å². The Morgan fingerprint density at radius 3 is 2.68 bits per heavy atom. The van der Waals surface area contributed by atoms with E-state index in [1.54, 1.807) is 12.3 Å². The van der Waals surface area contributed by atoms with Gasteiger partial charge >= 0.3 is 6.18 Å². The lowest BCUT2D eigenvalue weighted by molar-refractivity contribution is -0.137. The molecule has 2 rings (SSSR count). The van der Waals surface area contributed by atoms with Gasteiger partial charge in [-0.15, -0.1) is 11.3 Å². The summed E-state index contributed by atoms with van der Waals surface area (Å²) >= 11 is 1.30. The van der Waals surface area contributed by atoms with E-state index in [1.165, 1.54) is 23.5 Å². The number of thiazole rings is 1. The number of halogens is 3. The molecule has 0 saturated carbocycles. The van der Waals surface area contributed by atoms with Crippen molar-refractivity contribution in [2.45, 2.75) is 13.1 Å². The molecule has 1 N–H and O–H groups in total. The number of nitrogens with zero attached hydrogens (tertiary/aromatic N) is 1. The molecule has 1 heterocycles. The molecular formula is C12H9F3N2OS. The first-order chi connectivity index (χ1) is 8.86. The van der Waals surface area contributed by atoms with Crippen molar-refractivity contribution in [1.29, 1.82) is 0 Å². The minimum Gasteiger partial charge on any atom is -0.321 e. The molecule has 0 atom stereocenters. The monoisotopic (exact) mass is 286 g/mol. The highest BCUT2D eigenvalue weighted by Crippen LogP contribution is 2.30. The number of rotatable bonds is 2. The molecule has 0 bridgehead atoms. The van der Waals surface area contributed by atoms with Gasteiger partial charge in [-0.1, -0.05) is 6.07 Å². The molecule has 0 aliphatic heterocycles. The highest BCUT2D eigenvalue weighted by molar-refractivity contribution is 7.09. The molecule has 3 nitrogen and oxygen atoms in total. The van der Waals surface area contributed by atoms with Crippen molar-refractivity contribution in [1.82, 2.24) is 4.98 Å². The highest BCUT2D eigenvalue weighted by Gasteiger charge is 2.30. The third-order valence-electron chi connectivity index (χ3n) is 2.30. The Labute approximate surface area is 111 Å². The van der Waals surface area contributed by atoms with Gasteiger partial charge in [0.05, 0.1) is 10.6 Å². The Morgan fingerprint density at radius 2 is 2.11 bits per heavy atom. The van der Waals surface area contributed by atoms with Crippen molar-refractivity contribution in [3.63, 3.8) is 0 Å². The largest absolute Gasteiger partial charge is 0.416 e. The van der Waals surface area contributed by atoms with E-state index in [0.717, 1.165) is 12.1 Å². The van der Waals surface area contributed by atoms with Crippen LogP contribution >= 0.6 is 11.3 Å². The van der Waals surface area contributed by atoms with Gasteiger partial charge in [0.2, 0.25) is 0 Å². The number of aryl methyl sites for hydroxylation is 1. The lowest BCUT2D eigenvalue weighted by atomic mass is 10.2. The fourth-order valence-corrected chi connectivity index (χ4v) is 2.03. The summed E-state index contributed by atoms with van der Waals surface area (Å²) in [6.07, 6.45) is -4.43. The molecule has 0 aliphatic carbocycles. The summed E-state index contributed by atoms with van der Waals surface area (Å²) in [6.45, 7) is 1.74. The number of hydrogen-bond acceptors (Lipinski definition) is 3. The maximum absolute atomic E-state index is 12.5. The van der Waals surface area contributed by atoms with Crippen LogP contribution in [-0.2, 0) is 6.18 Å².